The third-order valence-corrected chi connectivity index (χ3v) is 1.81. The largest absolute Gasteiger partial charge is 0.394 e. The molecule has 0 amide bonds. The molecule has 0 saturated heterocycles. The van der Waals surface area contributed by atoms with E-state index in [1.165, 1.54) is 11.1 Å². The molecule has 0 bridgehead atoms. The minimum atomic E-state index is 1.05. The fourth-order valence-electron chi connectivity index (χ4n) is 0.872. The monoisotopic (exact) mass is 165 g/mol. The predicted molar refractivity (Wildman–Crippen MR) is 56.0 cm³/mol. The van der Waals surface area contributed by atoms with Crippen LogP contribution in [0.2, 0.25) is 0 Å². The maximum atomic E-state index is 2.98. The first-order valence-corrected chi connectivity index (χ1v) is 4.35. The Kier molecular flexibility index (Phi) is 6.16. The van der Waals surface area contributed by atoms with Gasteiger partial charge in [-0.3, -0.25) is 0 Å². The lowest BCUT2D eigenvalue weighted by Crippen LogP contribution is -1.92. The highest BCUT2D eigenvalue weighted by atomic mass is 14.8. The first-order chi connectivity index (χ1) is 5.74. The number of rotatable bonds is 4. The topological polar surface area (TPSA) is 12.0 Å². The molecule has 0 aliphatic heterocycles. The molecule has 0 rings (SSSR count). The molecule has 0 radical (unpaired) electrons. The molecule has 0 aromatic carbocycles. The summed E-state index contributed by atoms with van der Waals surface area (Å²) >= 11 is 0. The molecule has 1 N–H and O–H groups in total. The van der Waals surface area contributed by atoms with Crippen LogP contribution in [0.5, 0.6) is 0 Å². The summed E-state index contributed by atoms with van der Waals surface area (Å²) in [6.45, 7) is 6.29. The van der Waals surface area contributed by atoms with Crippen LogP contribution < -0.4 is 5.32 Å². The van der Waals surface area contributed by atoms with Crippen molar-refractivity contribution in [1.82, 2.24) is 5.32 Å². The van der Waals surface area contributed by atoms with Crippen LogP contribution in [0.3, 0.4) is 0 Å². The van der Waals surface area contributed by atoms with Gasteiger partial charge in [-0.2, -0.15) is 0 Å². The van der Waals surface area contributed by atoms with Crippen LogP contribution in [-0.2, 0) is 0 Å². The van der Waals surface area contributed by atoms with E-state index in [9.17, 15) is 0 Å². The van der Waals surface area contributed by atoms with Crippen molar-refractivity contribution in [3.8, 4) is 0 Å². The minimum absolute atomic E-state index is 1.05. The van der Waals surface area contributed by atoms with Crippen molar-refractivity contribution in [2.45, 2.75) is 27.2 Å². The zero-order chi connectivity index (χ0) is 9.40. The van der Waals surface area contributed by atoms with Crippen LogP contribution in [-0.4, -0.2) is 7.05 Å². The van der Waals surface area contributed by atoms with E-state index in [1.807, 2.05) is 13.2 Å². The summed E-state index contributed by atoms with van der Waals surface area (Å²) in [5, 5.41) is 2.98. The van der Waals surface area contributed by atoms with Crippen LogP contribution in [0.15, 0.2) is 35.6 Å². The lowest BCUT2D eigenvalue weighted by atomic mass is 10.1. The number of hydrogen-bond donors (Lipinski definition) is 1. The standard InChI is InChI=1S/C11H19N/c1-5-10(3)9-11(6-2)7-8-12-4/h5-8,12H,9H2,1-4H3/b8-7-,10-5+,11-6+. The van der Waals surface area contributed by atoms with Crippen molar-refractivity contribution >= 4 is 0 Å². The van der Waals surface area contributed by atoms with Gasteiger partial charge < -0.3 is 5.32 Å². The highest BCUT2D eigenvalue weighted by molar-refractivity contribution is 5.23. The van der Waals surface area contributed by atoms with Crippen molar-refractivity contribution in [3.05, 3.63) is 35.6 Å². The molecule has 0 spiro atoms. The Hall–Kier alpha value is -0.980. The van der Waals surface area contributed by atoms with E-state index in [-0.39, 0.29) is 0 Å². The van der Waals surface area contributed by atoms with Gasteiger partial charge >= 0.3 is 0 Å². The number of nitrogens with one attached hydrogen (secondary N) is 1. The molecule has 68 valence electrons. The predicted octanol–water partition coefficient (Wildman–Crippen LogP) is 3.02. The van der Waals surface area contributed by atoms with E-state index >= 15 is 0 Å². The van der Waals surface area contributed by atoms with Gasteiger partial charge in [0, 0.05) is 7.05 Å². The van der Waals surface area contributed by atoms with Gasteiger partial charge in [-0.1, -0.05) is 17.7 Å². The molecule has 0 aliphatic carbocycles. The smallest absolute Gasteiger partial charge is 0.00277 e. The zero-order valence-corrected chi connectivity index (χ0v) is 8.52. The highest BCUT2D eigenvalue weighted by Gasteiger charge is 1.91. The molecular weight excluding hydrogens is 146 g/mol. The molecule has 0 aromatic rings. The third kappa shape index (κ3) is 4.78. The lowest BCUT2D eigenvalue weighted by Gasteiger charge is -2.00. The SMILES string of the molecule is C/C=C(\C=C/NC)C/C(C)=C/C. The van der Waals surface area contributed by atoms with Crippen molar-refractivity contribution in [2.24, 2.45) is 0 Å². The molecule has 0 atom stereocenters. The third-order valence-electron chi connectivity index (χ3n) is 1.81. The summed E-state index contributed by atoms with van der Waals surface area (Å²) in [5.41, 5.74) is 2.75. The van der Waals surface area contributed by atoms with Gasteiger partial charge in [0.1, 0.15) is 0 Å². The summed E-state index contributed by atoms with van der Waals surface area (Å²) in [6.07, 6.45) is 9.40. The van der Waals surface area contributed by atoms with Crippen LogP contribution >= 0.6 is 0 Å². The zero-order valence-electron chi connectivity index (χ0n) is 8.52. The number of allylic oxidation sites excluding steroid dienone is 5. The van der Waals surface area contributed by atoms with Crippen LogP contribution in [0.25, 0.3) is 0 Å². The normalized spacial score (nSPS) is 14.0. The van der Waals surface area contributed by atoms with E-state index < -0.39 is 0 Å². The Morgan fingerprint density at radius 1 is 1.25 bits per heavy atom. The molecule has 0 aromatic heterocycles. The quantitative estimate of drug-likeness (QED) is 0.499. The second kappa shape index (κ2) is 6.71. The van der Waals surface area contributed by atoms with Crippen molar-refractivity contribution in [2.75, 3.05) is 7.05 Å². The van der Waals surface area contributed by atoms with Crippen molar-refractivity contribution in [1.29, 1.82) is 0 Å². The van der Waals surface area contributed by atoms with Gasteiger partial charge in [-0.15, -0.1) is 0 Å². The molecule has 1 nitrogen and oxygen atoms in total. The van der Waals surface area contributed by atoms with Crippen LogP contribution in [0.4, 0.5) is 0 Å². The maximum absolute atomic E-state index is 2.98. The fraction of sp³-hybridized carbons (Fsp3) is 0.455. The Labute approximate surface area is 75.9 Å². The second-order valence-corrected chi connectivity index (χ2v) is 2.80. The van der Waals surface area contributed by atoms with Gasteiger partial charge in [0.2, 0.25) is 0 Å². The summed E-state index contributed by atoms with van der Waals surface area (Å²) in [4.78, 5) is 0. The van der Waals surface area contributed by atoms with Gasteiger partial charge in [0.05, 0.1) is 0 Å². The Bertz CT molecular complexity index is 197. The molecule has 0 unspecified atom stereocenters. The van der Waals surface area contributed by atoms with Gasteiger partial charge in [0.15, 0.2) is 0 Å². The van der Waals surface area contributed by atoms with Gasteiger partial charge in [-0.25, -0.2) is 0 Å². The second-order valence-electron chi connectivity index (χ2n) is 2.80. The Morgan fingerprint density at radius 3 is 2.33 bits per heavy atom. The van der Waals surface area contributed by atoms with E-state index in [1.54, 1.807) is 0 Å². The molecule has 12 heavy (non-hydrogen) atoms. The molecule has 1 heteroatoms. The average molecular weight is 165 g/mol. The van der Waals surface area contributed by atoms with Gasteiger partial charge in [-0.05, 0) is 45.0 Å². The average Bonchev–Trinajstić information content (AvgIpc) is 2.11. The Morgan fingerprint density at radius 2 is 1.92 bits per heavy atom. The molecule has 0 fully saturated rings. The summed E-state index contributed by atoms with van der Waals surface area (Å²) in [7, 11) is 1.91. The highest BCUT2D eigenvalue weighted by Crippen LogP contribution is 2.10. The van der Waals surface area contributed by atoms with E-state index in [4.69, 9.17) is 0 Å². The van der Waals surface area contributed by atoms with E-state index in [0.29, 0.717) is 0 Å². The van der Waals surface area contributed by atoms with Crippen LogP contribution in [0.1, 0.15) is 27.2 Å². The molecule has 0 saturated carbocycles. The Balaban J connectivity index is 4.11. The molecule has 0 heterocycles. The number of hydrogen-bond acceptors (Lipinski definition) is 1. The van der Waals surface area contributed by atoms with E-state index in [0.717, 1.165) is 6.42 Å². The van der Waals surface area contributed by atoms with Crippen molar-refractivity contribution in [3.63, 3.8) is 0 Å². The molecule has 0 aliphatic rings. The first-order valence-electron chi connectivity index (χ1n) is 4.35. The summed E-state index contributed by atoms with van der Waals surface area (Å²) in [5.74, 6) is 0. The van der Waals surface area contributed by atoms with Crippen molar-refractivity contribution < 1.29 is 0 Å². The minimum Gasteiger partial charge on any atom is -0.394 e. The maximum Gasteiger partial charge on any atom is 0.00277 e. The first kappa shape index (κ1) is 11.0. The van der Waals surface area contributed by atoms with Gasteiger partial charge in [0.25, 0.3) is 0 Å². The summed E-state index contributed by atoms with van der Waals surface area (Å²) < 4.78 is 0. The van der Waals surface area contributed by atoms with Crippen LogP contribution in [0, 0.1) is 0 Å². The summed E-state index contributed by atoms with van der Waals surface area (Å²) in [6, 6.07) is 0. The lowest BCUT2D eigenvalue weighted by molar-refractivity contribution is 1.08. The van der Waals surface area contributed by atoms with E-state index in [2.05, 4.69) is 44.3 Å². The molecular formula is C11H19N. The fourth-order valence-corrected chi connectivity index (χ4v) is 0.872.